The van der Waals surface area contributed by atoms with Crippen molar-refractivity contribution in [1.29, 1.82) is 0 Å². The summed E-state index contributed by atoms with van der Waals surface area (Å²) in [5.41, 5.74) is 10.2. The number of anilines is 2. The molecule has 110 valence electrons. The Morgan fingerprint density at radius 1 is 1.19 bits per heavy atom. The van der Waals surface area contributed by atoms with Crippen molar-refractivity contribution in [2.24, 2.45) is 0 Å². The number of nitrogen functional groups attached to an aromatic ring is 1. The average Bonchev–Trinajstić information content (AvgIpc) is 2.45. The molecule has 0 heterocycles. The number of nitrogens with one attached hydrogen (secondary N) is 1. The number of carbonyl (C=O) groups is 1. The minimum Gasteiger partial charge on any atom is -0.483 e. The Morgan fingerprint density at radius 2 is 1.95 bits per heavy atom. The fraction of sp³-hybridized carbons (Fsp3) is 0.235. The van der Waals surface area contributed by atoms with Gasteiger partial charge in [0.2, 0.25) is 0 Å². The van der Waals surface area contributed by atoms with Gasteiger partial charge < -0.3 is 15.8 Å². The quantitative estimate of drug-likeness (QED) is 0.847. The van der Waals surface area contributed by atoms with Crippen molar-refractivity contribution in [2.45, 2.75) is 20.8 Å². The van der Waals surface area contributed by atoms with E-state index in [1.165, 1.54) is 0 Å². The average molecular weight is 284 g/mol. The summed E-state index contributed by atoms with van der Waals surface area (Å²) >= 11 is 0. The fourth-order valence-corrected chi connectivity index (χ4v) is 1.98. The van der Waals surface area contributed by atoms with Crippen LogP contribution in [0.5, 0.6) is 5.75 Å². The number of benzene rings is 2. The van der Waals surface area contributed by atoms with Crippen molar-refractivity contribution < 1.29 is 9.53 Å². The Balaban J connectivity index is 1.99. The molecule has 0 saturated carbocycles. The van der Waals surface area contributed by atoms with Crippen LogP contribution in [0.15, 0.2) is 36.4 Å². The summed E-state index contributed by atoms with van der Waals surface area (Å²) in [6, 6.07) is 11.3. The molecule has 2 aromatic carbocycles. The van der Waals surface area contributed by atoms with E-state index in [4.69, 9.17) is 10.5 Å². The highest BCUT2D eigenvalue weighted by molar-refractivity contribution is 5.93. The molecule has 4 heteroatoms. The number of hydrogen-bond acceptors (Lipinski definition) is 3. The lowest BCUT2D eigenvalue weighted by Crippen LogP contribution is -2.21. The maximum absolute atomic E-state index is 12.0. The second kappa shape index (κ2) is 6.31. The van der Waals surface area contributed by atoms with Gasteiger partial charge in [-0.2, -0.15) is 0 Å². The van der Waals surface area contributed by atoms with Gasteiger partial charge >= 0.3 is 0 Å². The molecule has 0 unspecified atom stereocenters. The van der Waals surface area contributed by atoms with Crippen LogP contribution >= 0.6 is 0 Å². The summed E-state index contributed by atoms with van der Waals surface area (Å²) in [4.78, 5) is 12.0. The van der Waals surface area contributed by atoms with Gasteiger partial charge in [-0.1, -0.05) is 18.2 Å². The topological polar surface area (TPSA) is 64.3 Å². The molecule has 0 spiro atoms. The van der Waals surface area contributed by atoms with E-state index < -0.39 is 0 Å². The first-order valence-corrected chi connectivity index (χ1v) is 6.82. The van der Waals surface area contributed by atoms with E-state index in [0.717, 1.165) is 22.4 Å². The van der Waals surface area contributed by atoms with Crippen LogP contribution in [0, 0.1) is 20.8 Å². The van der Waals surface area contributed by atoms with Crippen LogP contribution in [0.2, 0.25) is 0 Å². The molecule has 2 rings (SSSR count). The van der Waals surface area contributed by atoms with Gasteiger partial charge in [0.25, 0.3) is 5.91 Å². The Bertz CT molecular complexity index is 666. The van der Waals surface area contributed by atoms with Gasteiger partial charge in [0.15, 0.2) is 6.61 Å². The smallest absolute Gasteiger partial charge is 0.262 e. The molecule has 0 atom stereocenters. The number of ether oxygens (including phenoxy) is 1. The molecular formula is C17H20N2O2. The minimum atomic E-state index is -0.204. The second-order valence-corrected chi connectivity index (χ2v) is 5.13. The third kappa shape index (κ3) is 3.75. The van der Waals surface area contributed by atoms with Crippen LogP contribution in [0.3, 0.4) is 0 Å². The number of carbonyl (C=O) groups excluding carboxylic acids is 1. The zero-order valence-corrected chi connectivity index (χ0v) is 12.6. The maximum Gasteiger partial charge on any atom is 0.262 e. The largest absolute Gasteiger partial charge is 0.483 e. The Morgan fingerprint density at radius 3 is 2.71 bits per heavy atom. The number of aryl methyl sites for hydroxylation is 2. The van der Waals surface area contributed by atoms with Gasteiger partial charge in [-0.15, -0.1) is 0 Å². The molecule has 0 aromatic heterocycles. The van der Waals surface area contributed by atoms with E-state index in [1.807, 2.05) is 51.1 Å². The highest BCUT2D eigenvalue weighted by Gasteiger charge is 2.08. The molecule has 0 radical (unpaired) electrons. The molecule has 0 bridgehead atoms. The van der Waals surface area contributed by atoms with Crippen LogP contribution in [-0.2, 0) is 4.79 Å². The van der Waals surface area contributed by atoms with Crippen LogP contribution < -0.4 is 15.8 Å². The molecule has 21 heavy (non-hydrogen) atoms. The number of nitrogens with two attached hydrogens (primary N) is 1. The maximum atomic E-state index is 12.0. The predicted molar refractivity (Wildman–Crippen MR) is 85.6 cm³/mol. The van der Waals surface area contributed by atoms with E-state index >= 15 is 0 Å². The van der Waals surface area contributed by atoms with Crippen molar-refractivity contribution in [3.05, 3.63) is 53.1 Å². The third-order valence-electron chi connectivity index (χ3n) is 3.35. The summed E-state index contributed by atoms with van der Waals surface area (Å²) in [6.07, 6.45) is 0. The van der Waals surface area contributed by atoms with E-state index in [1.54, 1.807) is 6.07 Å². The third-order valence-corrected chi connectivity index (χ3v) is 3.35. The molecule has 0 saturated heterocycles. The second-order valence-electron chi connectivity index (χ2n) is 5.13. The standard InChI is InChI=1S/C17H20N2O2/c1-11-7-8-12(2)16(9-11)21-10-17(20)19-15-6-4-5-14(18)13(15)3/h4-9H,10,18H2,1-3H3,(H,19,20). The van der Waals surface area contributed by atoms with Gasteiger partial charge in [-0.3, -0.25) is 4.79 Å². The van der Waals surface area contributed by atoms with E-state index in [0.29, 0.717) is 11.4 Å². The minimum absolute atomic E-state index is 0.0292. The summed E-state index contributed by atoms with van der Waals surface area (Å²) < 4.78 is 5.58. The van der Waals surface area contributed by atoms with Crippen LogP contribution in [0.4, 0.5) is 11.4 Å². The normalized spacial score (nSPS) is 10.2. The van der Waals surface area contributed by atoms with Crippen molar-refractivity contribution in [1.82, 2.24) is 0 Å². The highest BCUT2D eigenvalue weighted by atomic mass is 16.5. The predicted octanol–water partition coefficient (Wildman–Crippen LogP) is 3.21. The lowest BCUT2D eigenvalue weighted by Gasteiger charge is -2.12. The lowest BCUT2D eigenvalue weighted by atomic mass is 10.1. The molecule has 4 nitrogen and oxygen atoms in total. The molecule has 0 aliphatic rings. The summed E-state index contributed by atoms with van der Waals surface area (Å²) in [7, 11) is 0. The van der Waals surface area contributed by atoms with Gasteiger partial charge in [-0.05, 0) is 55.7 Å². The highest BCUT2D eigenvalue weighted by Crippen LogP contribution is 2.21. The zero-order valence-electron chi connectivity index (χ0n) is 12.6. The Kier molecular flexibility index (Phi) is 4.48. The summed E-state index contributed by atoms with van der Waals surface area (Å²) in [6.45, 7) is 5.78. The lowest BCUT2D eigenvalue weighted by molar-refractivity contribution is -0.118. The number of hydrogen-bond donors (Lipinski definition) is 2. The number of amides is 1. The zero-order chi connectivity index (χ0) is 15.4. The van der Waals surface area contributed by atoms with Crippen LogP contribution in [0.1, 0.15) is 16.7 Å². The van der Waals surface area contributed by atoms with Crippen LogP contribution in [0.25, 0.3) is 0 Å². The molecule has 1 amide bonds. The van der Waals surface area contributed by atoms with E-state index in [9.17, 15) is 4.79 Å². The van der Waals surface area contributed by atoms with Gasteiger partial charge in [-0.25, -0.2) is 0 Å². The summed E-state index contributed by atoms with van der Waals surface area (Å²) in [5, 5.41) is 2.81. The Labute approximate surface area is 124 Å². The fourth-order valence-electron chi connectivity index (χ4n) is 1.98. The van der Waals surface area contributed by atoms with Gasteiger partial charge in [0.05, 0.1) is 0 Å². The summed E-state index contributed by atoms with van der Waals surface area (Å²) in [5.74, 6) is 0.527. The molecule has 0 aliphatic carbocycles. The first-order valence-electron chi connectivity index (χ1n) is 6.82. The monoisotopic (exact) mass is 284 g/mol. The molecule has 2 aromatic rings. The number of rotatable bonds is 4. The van der Waals surface area contributed by atoms with Crippen molar-refractivity contribution in [3.63, 3.8) is 0 Å². The molecule has 3 N–H and O–H groups in total. The SMILES string of the molecule is Cc1ccc(C)c(OCC(=O)Nc2cccc(N)c2C)c1. The first-order chi connectivity index (χ1) is 9.97. The van der Waals surface area contributed by atoms with Crippen molar-refractivity contribution >= 4 is 17.3 Å². The first kappa shape index (κ1) is 14.9. The van der Waals surface area contributed by atoms with E-state index in [-0.39, 0.29) is 12.5 Å². The Hall–Kier alpha value is -2.49. The van der Waals surface area contributed by atoms with Crippen LogP contribution in [-0.4, -0.2) is 12.5 Å². The molecular weight excluding hydrogens is 264 g/mol. The molecule has 0 fully saturated rings. The van der Waals surface area contributed by atoms with E-state index in [2.05, 4.69) is 5.32 Å². The van der Waals surface area contributed by atoms with Gasteiger partial charge in [0.1, 0.15) is 5.75 Å². The van der Waals surface area contributed by atoms with Crippen molar-refractivity contribution in [3.8, 4) is 5.75 Å². The van der Waals surface area contributed by atoms with Crippen molar-refractivity contribution in [2.75, 3.05) is 17.7 Å². The molecule has 0 aliphatic heterocycles. The van der Waals surface area contributed by atoms with Gasteiger partial charge in [0, 0.05) is 11.4 Å².